The molecule has 8 nitrogen and oxygen atoms in total. The molecule has 170 valence electrons. The summed E-state index contributed by atoms with van der Waals surface area (Å²) in [5, 5.41) is 7.57. The second kappa shape index (κ2) is 9.36. The number of rotatable bonds is 5. The molecule has 1 amide bonds. The molecular formula is C23H29BrN6O2. The van der Waals surface area contributed by atoms with Crippen molar-refractivity contribution in [1.29, 1.82) is 0 Å². The third kappa shape index (κ3) is 5.32. The van der Waals surface area contributed by atoms with Crippen LogP contribution in [0, 0.1) is 0 Å². The lowest BCUT2D eigenvalue weighted by atomic mass is 10.0. The van der Waals surface area contributed by atoms with Gasteiger partial charge in [-0.25, -0.2) is 9.78 Å². The minimum Gasteiger partial charge on any atom is -0.444 e. The number of nitrogens with zero attached hydrogens (tertiary/aromatic N) is 3. The van der Waals surface area contributed by atoms with E-state index in [9.17, 15) is 4.79 Å². The molecule has 0 spiro atoms. The first-order chi connectivity index (χ1) is 15.3. The van der Waals surface area contributed by atoms with E-state index >= 15 is 0 Å². The Labute approximate surface area is 196 Å². The van der Waals surface area contributed by atoms with Gasteiger partial charge in [0.05, 0.1) is 21.2 Å². The molecule has 0 aromatic carbocycles. The lowest BCUT2D eigenvalue weighted by Gasteiger charge is -2.36. The molecule has 9 heteroatoms. The van der Waals surface area contributed by atoms with Crippen LogP contribution in [0.25, 0.3) is 11.0 Å². The number of nitrogens with one attached hydrogen (secondary N) is 3. The summed E-state index contributed by atoms with van der Waals surface area (Å²) in [6.45, 7) is 7.88. The fraction of sp³-hybridized carbons (Fsp3) is 0.435. The molecule has 32 heavy (non-hydrogen) atoms. The van der Waals surface area contributed by atoms with E-state index in [1.54, 1.807) is 6.20 Å². The van der Waals surface area contributed by atoms with Crippen LogP contribution in [0.5, 0.6) is 0 Å². The quantitative estimate of drug-likeness (QED) is 0.464. The zero-order valence-electron chi connectivity index (χ0n) is 18.6. The number of halogens is 1. The summed E-state index contributed by atoms with van der Waals surface area (Å²) in [7, 11) is 0. The zero-order valence-corrected chi connectivity index (χ0v) is 20.2. The van der Waals surface area contributed by atoms with Crippen molar-refractivity contribution in [2.45, 2.75) is 51.8 Å². The van der Waals surface area contributed by atoms with Crippen LogP contribution in [0.2, 0.25) is 0 Å². The van der Waals surface area contributed by atoms with Gasteiger partial charge >= 0.3 is 6.09 Å². The van der Waals surface area contributed by atoms with Crippen molar-refractivity contribution in [3.63, 3.8) is 0 Å². The largest absolute Gasteiger partial charge is 0.444 e. The van der Waals surface area contributed by atoms with E-state index in [2.05, 4.69) is 46.4 Å². The fourth-order valence-corrected chi connectivity index (χ4v) is 4.53. The third-order valence-electron chi connectivity index (χ3n) is 5.29. The van der Waals surface area contributed by atoms with Gasteiger partial charge in [0.1, 0.15) is 11.2 Å². The van der Waals surface area contributed by atoms with E-state index < -0.39 is 5.60 Å². The highest BCUT2D eigenvalue weighted by atomic mass is 79.9. The van der Waals surface area contributed by atoms with Gasteiger partial charge in [-0.15, -0.1) is 0 Å². The van der Waals surface area contributed by atoms with E-state index in [0.717, 1.165) is 51.8 Å². The highest BCUT2D eigenvalue weighted by molar-refractivity contribution is 9.10. The van der Waals surface area contributed by atoms with Crippen molar-refractivity contribution in [2.24, 2.45) is 0 Å². The predicted molar refractivity (Wildman–Crippen MR) is 130 cm³/mol. The number of H-pyrrole nitrogens is 1. The molecule has 0 aliphatic carbocycles. The van der Waals surface area contributed by atoms with Crippen LogP contribution in [0.4, 0.5) is 16.2 Å². The highest BCUT2D eigenvalue weighted by Gasteiger charge is 2.27. The number of anilines is 2. The van der Waals surface area contributed by atoms with Gasteiger partial charge in [0.2, 0.25) is 0 Å². The Morgan fingerprint density at radius 1 is 1.38 bits per heavy atom. The van der Waals surface area contributed by atoms with Gasteiger partial charge in [-0.05, 0) is 61.2 Å². The predicted octanol–water partition coefficient (Wildman–Crippen LogP) is 4.83. The van der Waals surface area contributed by atoms with Gasteiger partial charge in [0.15, 0.2) is 0 Å². The molecule has 3 aromatic rings. The van der Waals surface area contributed by atoms with Crippen molar-refractivity contribution in [3.05, 3.63) is 47.0 Å². The third-order valence-corrected chi connectivity index (χ3v) is 5.87. The van der Waals surface area contributed by atoms with Crippen molar-refractivity contribution >= 4 is 44.4 Å². The van der Waals surface area contributed by atoms with Gasteiger partial charge in [-0.2, -0.15) is 0 Å². The van der Waals surface area contributed by atoms with Gasteiger partial charge in [-0.1, -0.05) is 6.07 Å². The summed E-state index contributed by atoms with van der Waals surface area (Å²) in [5.41, 5.74) is 3.46. The van der Waals surface area contributed by atoms with Gasteiger partial charge in [0.25, 0.3) is 0 Å². The Balaban J connectivity index is 1.55. The number of aromatic nitrogens is 3. The number of carbonyl (C=O) groups excluding carboxylic acids is 1. The molecule has 3 aromatic heterocycles. The van der Waals surface area contributed by atoms with Crippen LogP contribution >= 0.6 is 15.9 Å². The average Bonchev–Trinajstić information content (AvgIpc) is 3.14. The summed E-state index contributed by atoms with van der Waals surface area (Å²) >= 11 is 3.71. The van der Waals surface area contributed by atoms with Gasteiger partial charge in [-0.3, -0.25) is 4.98 Å². The summed E-state index contributed by atoms with van der Waals surface area (Å²) in [4.78, 5) is 26.6. The number of pyridine rings is 2. The van der Waals surface area contributed by atoms with Crippen molar-refractivity contribution in [3.8, 4) is 0 Å². The number of hydrogen-bond donors (Lipinski definition) is 3. The van der Waals surface area contributed by atoms with Crippen molar-refractivity contribution < 1.29 is 9.53 Å². The van der Waals surface area contributed by atoms with Crippen LogP contribution in [-0.2, 0) is 11.3 Å². The summed E-state index contributed by atoms with van der Waals surface area (Å²) in [6, 6.07) is 3.99. The van der Waals surface area contributed by atoms with Crippen LogP contribution < -0.4 is 15.5 Å². The van der Waals surface area contributed by atoms with E-state index in [4.69, 9.17) is 4.74 Å². The molecule has 0 radical (unpaired) electrons. The first-order valence-electron chi connectivity index (χ1n) is 10.8. The van der Waals surface area contributed by atoms with E-state index in [1.807, 2.05) is 51.5 Å². The Morgan fingerprint density at radius 2 is 2.22 bits per heavy atom. The van der Waals surface area contributed by atoms with Crippen LogP contribution in [0.15, 0.2) is 41.4 Å². The van der Waals surface area contributed by atoms with Crippen LogP contribution in [0.1, 0.15) is 39.2 Å². The minimum atomic E-state index is -0.515. The molecule has 3 N–H and O–H groups in total. The molecule has 1 atom stereocenters. The number of piperidine rings is 1. The van der Waals surface area contributed by atoms with Crippen LogP contribution in [0.3, 0.4) is 0 Å². The molecule has 1 saturated heterocycles. The van der Waals surface area contributed by atoms with E-state index in [0.29, 0.717) is 13.1 Å². The molecule has 0 unspecified atom stereocenters. The second-order valence-corrected chi connectivity index (χ2v) is 9.88. The average molecular weight is 501 g/mol. The normalized spacial score (nSPS) is 16.8. The molecule has 0 saturated carbocycles. The number of hydrogen-bond acceptors (Lipinski definition) is 6. The lowest BCUT2D eigenvalue weighted by Crippen LogP contribution is -2.49. The smallest absolute Gasteiger partial charge is 0.407 e. The fourth-order valence-electron chi connectivity index (χ4n) is 3.98. The zero-order chi connectivity index (χ0) is 22.7. The first-order valence-corrected chi connectivity index (χ1v) is 11.6. The first kappa shape index (κ1) is 22.4. The Hall–Kier alpha value is -2.81. The summed E-state index contributed by atoms with van der Waals surface area (Å²) in [5.74, 6) is 0. The Morgan fingerprint density at radius 3 is 2.97 bits per heavy atom. The minimum absolute atomic E-state index is 0.0134. The van der Waals surface area contributed by atoms with Crippen molar-refractivity contribution in [1.82, 2.24) is 20.3 Å². The molecule has 1 fully saturated rings. The molecule has 1 aliphatic rings. The number of carbonyl (C=O) groups is 1. The molecular weight excluding hydrogens is 472 g/mol. The van der Waals surface area contributed by atoms with E-state index in [1.165, 1.54) is 0 Å². The van der Waals surface area contributed by atoms with Crippen LogP contribution in [-0.4, -0.2) is 45.8 Å². The number of fused-ring (bicyclic) bond motifs is 1. The molecule has 0 bridgehead atoms. The number of aromatic amines is 1. The topological polar surface area (TPSA) is 95.2 Å². The molecule has 4 heterocycles. The van der Waals surface area contributed by atoms with Gasteiger partial charge in [0, 0.05) is 50.5 Å². The molecule has 1 aliphatic heterocycles. The summed E-state index contributed by atoms with van der Waals surface area (Å²) < 4.78 is 6.37. The van der Waals surface area contributed by atoms with Gasteiger partial charge < -0.3 is 25.3 Å². The van der Waals surface area contributed by atoms with Crippen molar-refractivity contribution in [2.75, 3.05) is 23.3 Å². The SMILES string of the molecule is CC(C)(C)OC(=O)N[C@H]1CCCN(c2c(Br)cnc3[nH]cc(NCc4cccnc4)c23)C1. The van der Waals surface area contributed by atoms with E-state index in [-0.39, 0.29) is 12.1 Å². The number of alkyl carbamates (subject to hydrolysis) is 1. The Bertz CT molecular complexity index is 1080. The monoisotopic (exact) mass is 500 g/mol. The molecule has 4 rings (SSSR count). The maximum Gasteiger partial charge on any atom is 0.407 e. The highest BCUT2D eigenvalue weighted by Crippen LogP contribution is 2.39. The Kier molecular flexibility index (Phi) is 6.55. The lowest BCUT2D eigenvalue weighted by molar-refractivity contribution is 0.0500. The number of amides is 1. The maximum absolute atomic E-state index is 12.3. The maximum atomic E-state index is 12.3. The standard InChI is InChI=1S/C23H29BrN6O2/c1-23(2,3)32-22(31)29-16-7-5-9-30(14-16)20-17(24)12-27-21-19(20)18(13-28-21)26-11-15-6-4-8-25-10-15/h4,6,8,10,12-13,16,26H,5,7,9,11,14H2,1-3H3,(H,27,28)(H,29,31)/t16-/m0/s1. The second-order valence-electron chi connectivity index (χ2n) is 9.03. The number of ether oxygens (including phenoxy) is 1. The summed E-state index contributed by atoms with van der Waals surface area (Å²) in [6.07, 6.45) is 8.92.